The van der Waals surface area contributed by atoms with Gasteiger partial charge in [-0.05, 0) is 61.4 Å². The quantitative estimate of drug-likeness (QED) is 0.692. The molecule has 0 bridgehead atoms. The summed E-state index contributed by atoms with van der Waals surface area (Å²) in [5.74, 6) is 0.613. The molecule has 1 fully saturated rings. The van der Waals surface area contributed by atoms with E-state index in [4.69, 9.17) is 4.74 Å². The maximum Gasteiger partial charge on any atom is 0.271 e. The molecule has 1 saturated heterocycles. The van der Waals surface area contributed by atoms with Crippen molar-refractivity contribution in [2.45, 2.75) is 77.1 Å². The van der Waals surface area contributed by atoms with E-state index in [1.54, 1.807) is 33.2 Å². The number of likely N-dealkylation sites (N-methyl/N-ethyl adjacent to an activating group) is 1. The fourth-order valence-corrected chi connectivity index (χ4v) is 4.98. The van der Waals surface area contributed by atoms with Gasteiger partial charge in [-0.25, -0.2) is 14.4 Å². The Bertz CT molecular complexity index is 1100. The number of hydrogen-bond acceptors (Lipinski definition) is 8. The number of aromatic nitrogens is 3. The van der Waals surface area contributed by atoms with E-state index in [-0.39, 0.29) is 34.8 Å². The summed E-state index contributed by atoms with van der Waals surface area (Å²) in [5.41, 5.74) is -0.514. The van der Waals surface area contributed by atoms with E-state index in [9.17, 15) is 9.18 Å². The smallest absolute Gasteiger partial charge is 0.271 e. The molecule has 4 rings (SSSR count). The van der Waals surface area contributed by atoms with E-state index in [1.165, 1.54) is 4.90 Å². The molecule has 4 heterocycles. The normalized spacial score (nSPS) is 21.6. The number of fused-ring (bicyclic) bond motifs is 1. The molecule has 34 heavy (non-hydrogen) atoms. The molecule has 0 unspecified atom stereocenters. The lowest BCUT2D eigenvalue weighted by Gasteiger charge is -2.53. The van der Waals surface area contributed by atoms with Crippen LogP contribution in [-0.4, -0.2) is 62.6 Å². The van der Waals surface area contributed by atoms with Crippen LogP contribution in [0.3, 0.4) is 0 Å². The zero-order valence-electron chi connectivity index (χ0n) is 21.2. The number of hydrogen-bond donors (Lipinski definition) is 2. The third-order valence-corrected chi connectivity index (χ3v) is 6.98. The number of likely N-dealkylation sites (tertiary alicyclic amines) is 1. The van der Waals surface area contributed by atoms with Gasteiger partial charge in [0.25, 0.3) is 5.91 Å². The van der Waals surface area contributed by atoms with Gasteiger partial charge in [0, 0.05) is 30.2 Å². The van der Waals surface area contributed by atoms with Crippen LogP contribution in [0.15, 0.2) is 18.5 Å². The van der Waals surface area contributed by atoms with Crippen molar-refractivity contribution >= 4 is 29.2 Å². The maximum absolute atomic E-state index is 14.6. The molecule has 2 aromatic rings. The molecule has 2 aliphatic rings. The third-order valence-electron chi connectivity index (χ3n) is 6.98. The summed E-state index contributed by atoms with van der Waals surface area (Å²) >= 11 is 0. The van der Waals surface area contributed by atoms with Crippen LogP contribution in [-0.2, 0) is 4.79 Å². The van der Waals surface area contributed by atoms with Crippen molar-refractivity contribution in [3.05, 3.63) is 24.3 Å². The average Bonchev–Trinajstić information content (AvgIpc) is 2.72. The second-order valence-corrected chi connectivity index (χ2v) is 11.0. The van der Waals surface area contributed by atoms with Crippen LogP contribution in [0.5, 0.6) is 5.75 Å². The fourth-order valence-electron chi connectivity index (χ4n) is 4.98. The van der Waals surface area contributed by atoms with Crippen molar-refractivity contribution in [3.63, 3.8) is 0 Å². The summed E-state index contributed by atoms with van der Waals surface area (Å²) in [6.45, 7) is 12.2. The molecule has 0 spiro atoms. The Balaban J connectivity index is 1.54. The summed E-state index contributed by atoms with van der Waals surface area (Å²) in [6.07, 6.45) is 4.42. The van der Waals surface area contributed by atoms with Gasteiger partial charge in [-0.2, -0.15) is 4.98 Å². The number of pyridine rings is 1. The minimum absolute atomic E-state index is 0.0406. The van der Waals surface area contributed by atoms with Crippen molar-refractivity contribution in [2.24, 2.45) is 0 Å². The Labute approximate surface area is 200 Å². The largest absolute Gasteiger partial charge is 0.474 e. The van der Waals surface area contributed by atoms with E-state index in [1.807, 2.05) is 0 Å². The van der Waals surface area contributed by atoms with Gasteiger partial charge in [-0.3, -0.25) is 14.6 Å². The van der Waals surface area contributed by atoms with Gasteiger partial charge < -0.3 is 15.4 Å². The number of amides is 1. The van der Waals surface area contributed by atoms with Gasteiger partial charge in [-0.15, -0.1) is 0 Å². The second-order valence-electron chi connectivity index (χ2n) is 11.0. The number of anilines is 4. The predicted molar refractivity (Wildman–Crippen MR) is 130 cm³/mol. The highest BCUT2D eigenvalue weighted by Crippen LogP contribution is 2.39. The SMILES string of the molecule is CN1C(=O)C(C)(C)Oc2cc(Nc3ncc(F)c(NC4CC(C)(C)N(C)C(C)(C)C4)n3)cnc21. The number of rotatable bonds is 4. The zero-order valence-corrected chi connectivity index (χ0v) is 21.2. The summed E-state index contributed by atoms with van der Waals surface area (Å²) in [4.78, 5) is 29.1. The lowest BCUT2D eigenvalue weighted by molar-refractivity contribution is -0.132. The van der Waals surface area contributed by atoms with Crippen molar-refractivity contribution in [3.8, 4) is 5.75 Å². The third kappa shape index (κ3) is 4.38. The van der Waals surface area contributed by atoms with E-state index < -0.39 is 11.4 Å². The van der Waals surface area contributed by atoms with Gasteiger partial charge in [0.15, 0.2) is 28.8 Å². The molecule has 0 atom stereocenters. The number of nitrogens with one attached hydrogen (secondary N) is 2. The Hall–Kier alpha value is -3.01. The molecule has 10 heteroatoms. The van der Waals surface area contributed by atoms with Crippen LogP contribution in [0.2, 0.25) is 0 Å². The minimum Gasteiger partial charge on any atom is -0.474 e. The Morgan fingerprint density at radius 1 is 1.06 bits per heavy atom. The van der Waals surface area contributed by atoms with Crippen molar-refractivity contribution in [1.82, 2.24) is 19.9 Å². The first-order valence-electron chi connectivity index (χ1n) is 11.5. The summed E-state index contributed by atoms with van der Waals surface area (Å²) in [6, 6.07) is 1.79. The van der Waals surface area contributed by atoms with E-state index in [0.717, 1.165) is 19.0 Å². The van der Waals surface area contributed by atoms with Crippen LogP contribution < -0.4 is 20.3 Å². The first kappa shape index (κ1) is 24.1. The number of piperidine rings is 1. The molecule has 0 aliphatic carbocycles. The van der Waals surface area contributed by atoms with Gasteiger partial charge in [0.2, 0.25) is 5.95 Å². The Kier molecular flexibility index (Phi) is 5.70. The molecular weight excluding hydrogens is 437 g/mol. The Morgan fingerprint density at radius 3 is 2.35 bits per heavy atom. The molecule has 0 aromatic carbocycles. The van der Waals surface area contributed by atoms with Crippen LogP contribution in [0, 0.1) is 5.82 Å². The van der Waals surface area contributed by atoms with Gasteiger partial charge in [0.1, 0.15) is 0 Å². The maximum atomic E-state index is 14.6. The van der Waals surface area contributed by atoms with Gasteiger partial charge >= 0.3 is 0 Å². The van der Waals surface area contributed by atoms with Crippen molar-refractivity contribution in [1.29, 1.82) is 0 Å². The molecule has 184 valence electrons. The Morgan fingerprint density at radius 2 is 1.71 bits per heavy atom. The lowest BCUT2D eigenvalue weighted by atomic mass is 9.77. The van der Waals surface area contributed by atoms with E-state index in [0.29, 0.717) is 17.3 Å². The summed E-state index contributed by atoms with van der Waals surface area (Å²) in [5, 5.41) is 6.37. The number of halogens is 1. The topological polar surface area (TPSA) is 95.5 Å². The lowest BCUT2D eigenvalue weighted by Crippen LogP contribution is -2.61. The number of carbonyl (C=O) groups is 1. The first-order valence-corrected chi connectivity index (χ1v) is 11.5. The van der Waals surface area contributed by atoms with Crippen LogP contribution >= 0.6 is 0 Å². The van der Waals surface area contributed by atoms with Crippen LogP contribution in [0.4, 0.5) is 27.7 Å². The summed E-state index contributed by atoms with van der Waals surface area (Å²) < 4.78 is 20.5. The minimum atomic E-state index is -0.999. The average molecular weight is 472 g/mol. The van der Waals surface area contributed by atoms with Crippen molar-refractivity contribution in [2.75, 3.05) is 29.6 Å². The summed E-state index contributed by atoms with van der Waals surface area (Å²) in [7, 11) is 3.80. The molecule has 2 aromatic heterocycles. The highest BCUT2D eigenvalue weighted by molar-refractivity contribution is 6.01. The molecule has 2 N–H and O–H groups in total. The van der Waals surface area contributed by atoms with Gasteiger partial charge in [-0.1, -0.05) is 0 Å². The molecular formula is C24H34FN7O2. The van der Waals surface area contributed by atoms with Crippen LogP contribution in [0.25, 0.3) is 0 Å². The second kappa shape index (κ2) is 8.04. The molecule has 2 aliphatic heterocycles. The molecule has 0 saturated carbocycles. The number of carbonyl (C=O) groups excluding carboxylic acids is 1. The molecule has 9 nitrogen and oxygen atoms in total. The highest BCUT2D eigenvalue weighted by atomic mass is 19.1. The first-order chi connectivity index (χ1) is 15.7. The molecule has 0 radical (unpaired) electrons. The van der Waals surface area contributed by atoms with E-state index in [2.05, 4.69) is 65.2 Å². The van der Waals surface area contributed by atoms with E-state index >= 15 is 0 Å². The van der Waals surface area contributed by atoms with Crippen LogP contribution in [0.1, 0.15) is 54.4 Å². The van der Waals surface area contributed by atoms with Gasteiger partial charge in [0.05, 0.1) is 18.1 Å². The monoisotopic (exact) mass is 471 g/mol. The predicted octanol–water partition coefficient (Wildman–Crippen LogP) is 3.95. The standard InChI is InChI=1S/C24H34FN7O2/c1-22(2)10-15(11-23(3,4)32(22)8)28-18-16(25)13-27-21(30-18)29-14-9-17-19(26-12-14)31(7)20(33)24(5,6)34-17/h9,12-13,15H,10-11H2,1-8H3,(H2,27,28,29,30). The molecule has 1 amide bonds. The fraction of sp³-hybridized carbons (Fsp3) is 0.583. The van der Waals surface area contributed by atoms with Crippen molar-refractivity contribution < 1.29 is 13.9 Å². The number of nitrogens with zero attached hydrogens (tertiary/aromatic N) is 5. The zero-order chi connectivity index (χ0) is 25.1. The highest BCUT2D eigenvalue weighted by Gasteiger charge is 2.43. The number of ether oxygens (including phenoxy) is 1.